The highest BCUT2D eigenvalue weighted by atomic mass is 32.1. The summed E-state index contributed by atoms with van der Waals surface area (Å²) in [5, 5.41) is 1.11. The topological polar surface area (TPSA) is 48.1 Å². The molecule has 0 amide bonds. The van der Waals surface area contributed by atoms with Crippen LogP contribution in [0.2, 0.25) is 0 Å². The third-order valence-corrected chi connectivity index (χ3v) is 4.30. The molecule has 0 aromatic carbocycles. The predicted octanol–water partition coefficient (Wildman–Crippen LogP) is 2.72. The van der Waals surface area contributed by atoms with Crippen molar-refractivity contribution in [1.29, 1.82) is 0 Å². The van der Waals surface area contributed by atoms with Crippen LogP contribution in [0, 0.1) is 13.8 Å². The van der Waals surface area contributed by atoms with Crippen molar-refractivity contribution in [2.75, 3.05) is 6.61 Å². The number of thiazole rings is 1. The summed E-state index contributed by atoms with van der Waals surface area (Å²) in [7, 11) is 0. The smallest absolute Gasteiger partial charge is 0.0900 e. The summed E-state index contributed by atoms with van der Waals surface area (Å²) >= 11 is 1.73. The van der Waals surface area contributed by atoms with Crippen molar-refractivity contribution in [1.82, 2.24) is 4.98 Å². The lowest BCUT2D eigenvalue weighted by Crippen LogP contribution is -2.14. The monoisotopic (exact) mass is 240 g/mol. The zero-order valence-corrected chi connectivity index (χ0v) is 10.8. The molecule has 90 valence electrons. The number of ether oxygens (including phenoxy) is 1. The molecular formula is C12H20N2OS. The number of rotatable bonds is 4. The van der Waals surface area contributed by atoms with Gasteiger partial charge in [-0.05, 0) is 39.5 Å². The van der Waals surface area contributed by atoms with Gasteiger partial charge in [0.1, 0.15) is 0 Å². The first-order valence-electron chi connectivity index (χ1n) is 5.98. The van der Waals surface area contributed by atoms with Gasteiger partial charge < -0.3 is 10.5 Å². The number of hydrogen-bond donors (Lipinski definition) is 1. The Hall–Kier alpha value is -0.450. The van der Waals surface area contributed by atoms with Gasteiger partial charge in [-0.15, -0.1) is 11.3 Å². The number of nitrogens with zero attached hydrogens (tertiary/aromatic N) is 1. The molecule has 2 atom stereocenters. The molecule has 0 aliphatic carbocycles. The average Bonchev–Trinajstić information content (AvgIpc) is 2.84. The van der Waals surface area contributed by atoms with Crippen LogP contribution in [0.15, 0.2) is 0 Å². The predicted molar refractivity (Wildman–Crippen MR) is 66.7 cm³/mol. The Morgan fingerprint density at radius 2 is 2.38 bits per heavy atom. The maximum absolute atomic E-state index is 6.20. The Labute approximate surface area is 101 Å². The fraction of sp³-hybridized carbons (Fsp3) is 0.750. The van der Waals surface area contributed by atoms with Crippen molar-refractivity contribution < 1.29 is 4.74 Å². The maximum atomic E-state index is 6.20. The largest absolute Gasteiger partial charge is 0.378 e. The van der Waals surface area contributed by atoms with Gasteiger partial charge in [0, 0.05) is 17.5 Å². The van der Waals surface area contributed by atoms with Gasteiger partial charge in [0.05, 0.1) is 16.8 Å². The van der Waals surface area contributed by atoms with Crippen LogP contribution >= 0.6 is 11.3 Å². The first-order valence-corrected chi connectivity index (χ1v) is 6.79. The molecule has 0 spiro atoms. The molecule has 1 aliphatic rings. The van der Waals surface area contributed by atoms with E-state index in [2.05, 4.69) is 4.98 Å². The molecule has 3 nitrogen and oxygen atoms in total. The van der Waals surface area contributed by atoms with E-state index >= 15 is 0 Å². The molecule has 0 saturated carbocycles. The lowest BCUT2D eigenvalue weighted by molar-refractivity contribution is 0.101. The summed E-state index contributed by atoms with van der Waals surface area (Å²) in [6.45, 7) is 5.01. The lowest BCUT2D eigenvalue weighted by atomic mass is 10.0. The maximum Gasteiger partial charge on any atom is 0.0900 e. The van der Waals surface area contributed by atoms with Crippen LogP contribution in [0.5, 0.6) is 0 Å². The minimum absolute atomic E-state index is 0.135. The fourth-order valence-electron chi connectivity index (χ4n) is 2.26. The zero-order valence-electron chi connectivity index (χ0n) is 10.0. The van der Waals surface area contributed by atoms with Crippen LogP contribution in [0.25, 0.3) is 0 Å². The average molecular weight is 240 g/mol. The summed E-state index contributed by atoms with van der Waals surface area (Å²) < 4.78 is 5.61. The van der Waals surface area contributed by atoms with Crippen molar-refractivity contribution in [3.8, 4) is 0 Å². The molecule has 1 aromatic rings. The highest BCUT2D eigenvalue weighted by Gasteiger charge is 2.19. The molecule has 1 aromatic heterocycles. The summed E-state index contributed by atoms with van der Waals surface area (Å²) in [5.41, 5.74) is 7.30. The highest BCUT2D eigenvalue weighted by Crippen LogP contribution is 2.28. The molecule has 16 heavy (non-hydrogen) atoms. The van der Waals surface area contributed by atoms with Gasteiger partial charge in [0.25, 0.3) is 0 Å². The Kier molecular flexibility index (Phi) is 3.95. The van der Waals surface area contributed by atoms with Gasteiger partial charge in [-0.3, -0.25) is 0 Å². The second-order valence-electron chi connectivity index (χ2n) is 4.50. The first-order chi connectivity index (χ1) is 7.66. The molecule has 2 heterocycles. The normalized spacial score (nSPS) is 22.6. The van der Waals surface area contributed by atoms with E-state index in [1.807, 2.05) is 13.8 Å². The molecule has 0 radical (unpaired) electrons. The van der Waals surface area contributed by atoms with E-state index in [1.165, 1.54) is 17.7 Å². The molecule has 4 heteroatoms. The van der Waals surface area contributed by atoms with E-state index in [-0.39, 0.29) is 6.04 Å². The van der Waals surface area contributed by atoms with Crippen LogP contribution in [0.4, 0.5) is 0 Å². The highest BCUT2D eigenvalue weighted by molar-refractivity contribution is 7.11. The van der Waals surface area contributed by atoms with Crippen LogP contribution < -0.4 is 5.73 Å². The van der Waals surface area contributed by atoms with Crippen LogP contribution in [0.3, 0.4) is 0 Å². The molecule has 1 saturated heterocycles. The third-order valence-electron chi connectivity index (χ3n) is 3.10. The van der Waals surface area contributed by atoms with E-state index in [0.29, 0.717) is 6.10 Å². The number of aromatic nitrogens is 1. The zero-order chi connectivity index (χ0) is 11.5. The standard InChI is InChI=1S/C12H20N2OS/c1-8-12(16-9(2)14-8)11(13)6-5-10-4-3-7-15-10/h10-11H,3-7,13H2,1-2H3. The second kappa shape index (κ2) is 5.25. The quantitative estimate of drug-likeness (QED) is 0.880. The Balaban J connectivity index is 1.87. The van der Waals surface area contributed by atoms with Crippen LogP contribution in [0.1, 0.15) is 47.3 Å². The molecule has 2 N–H and O–H groups in total. The molecule has 2 rings (SSSR count). The van der Waals surface area contributed by atoms with Gasteiger partial charge in [-0.25, -0.2) is 4.98 Å². The van der Waals surface area contributed by atoms with Gasteiger partial charge in [0.15, 0.2) is 0 Å². The van der Waals surface area contributed by atoms with E-state index < -0.39 is 0 Å². The minimum atomic E-state index is 0.135. The van der Waals surface area contributed by atoms with Gasteiger partial charge in [0.2, 0.25) is 0 Å². The van der Waals surface area contributed by atoms with Gasteiger partial charge >= 0.3 is 0 Å². The summed E-state index contributed by atoms with van der Waals surface area (Å²) in [5.74, 6) is 0. The number of nitrogens with two attached hydrogens (primary N) is 1. The van der Waals surface area contributed by atoms with E-state index in [4.69, 9.17) is 10.5 Å². The fourth-order valence-corrected chi connectivity index (χ4v) is 3.22. The van der Waals surface area contributed by atoms with Crippen LogP contribution in [-0.2, 0) is 4.74 Å². The van der Waals surface area contributed by atoms with E-state index in [0.717, 1.165) is 30.2 Å². The Morgan fingerprint density at radius 3 is 2.94 bits per heavy atom. The summed E-state index contributed by atoms with van der Waals surface area (Å²) in [4.78, 5) is 5.67. The molecule has 1 fully saturated rings. The second-order valence-corrected chi connectivity index (χ2v) is 5.74. The SMILES string of the molecule is Cc1nc(C)c(C(N)CCC2CCCO2)s1. The van der Waals surface area contributed by atoms with Gasteiger partial charge in [-0.2, -0.15) is 0 Å². The third kappa shape index (κ3) is 2.81. The van der Waals surface area contributed by atoms with Crippen LogP contribution in [-0.4, -0.2) is 17.7 Å². The first kappa shape index (κ1) is 12.0. The van der Waals surface area contributed by atoms with E-state index in [9.17, 15) is 0 Å². The van der Waals surface area contributed by atoms with Crippen molar-refractivity contribution in [3.63, 3.8) is 0 Å². The molecular weight excluding hydrogens is 220 g/mol. The number of hydrogen-bond acceptors (Lipinski definition) is 4. The minimum Gasteiger partial charge on any atom is -0.378 e. The van der Waals surface area contributed by atoms with Crippen molar-refractivity contribution >= 4 is 11.3 Å². The molecule has 2 unspecified atom stereocenters. The van der Waals surface area contributed by atoms with Crippen molar-refractivity contribution in [3.05, 3.63) is 15.6 Å². The lowest BCUT2D eigenvalue weighted by Gasteiger charge is -2.13. The van der Waals surface area contributed by atoms with E-state index in [1.54, 1.807) is 11.3 Å². The number of aryl methyl sites for hydroxylation is 2. The Bertz CT molecular complexity index is 345. The van der Waals surface area contributed by atoms with Crippen molar-refractivity contribution in [2.24, 2.45) is 5.73 Å². The summed E-state index contributed by atoms with van der Waals surface area (Å²) in [6.07, 6.45) is 4.94. The summed E-state index contributed by atoms with van der Waals surface area (Å²) in [6, 6.07) is 0.135. The van der Waals surface area contributed by atoms with Gasteiger partial charge in [-0.1, -0.05) is 0 Å². The Morgan fingerprint density at radius 1 is 1.56 bits per heavy atom. The molecule has 0 bridgehead atoms. The molecule has 1 aliphatic heterocycles. The van der Waals surface area contributed by atoms with Crippen molar-refractivity contribution in [2.45, 2.75) is 51.7 Å².